The van der Waals surface area contributed by atoms with Crippen molar-refractivity contribution < 1.29 is 0 Å². The van der Waals surface area contributed by atoms with E-state index in [0.29, 0.717) is 5.66 Å². The highest BCUT2D eigenvalue weighted by atomic mass is 31.1. The van der Waals surface area contributed by atoms with Crippen LogP contribution in [0.25, 0.3) is 11.1 Å². The van der Waals surface area contributed by atoms with E-state index in [0.717, 1.165) is 11.3 Å². The monoisotopic (exact) mass is 338 g/mol. The zero-order valence-electron chi connectivity index (χ0n) is 15.6. The van der Waals surface area contributed by atoms with E-state index in [1.807, 2.05) is 0 Å². The predicted molar refractivity (Wildman–Crippen MR) is 109 cm³/mol. The second-order valence-corrected chi connectivity index (χ2v) is 10.5. The Morgan fingerprint density at radius 1 is 0.750 bits per heavy atom. The van der Waals surface area contributed by atoms with Crippen molar-refractivity contribution in [1.29, 1.82) is 0 Å². The van der Waals surface area contributed by atoms with Gasteiger partial charge in [0.25, 0.3) is 0 Å². The summed E-state index contributed by atoms with van der Waals surface area (Å²) in [6.07, 6.45) is 5.32. The Kier molecular flexibility index (Phi) is 5.77. The summed E-state index contributed by atoms with van der Waals surface area (Å²) in [5, 5.41) is 0. The smallest absolute Gasteiger partial charge is 0.0308 e. The van der Waals surface area contributed by atoms with Crippen LogP contribution in [0.4, 0.5) is 0 Å². The Hall–Kier alpha value is -1.13. The minimum atomic E-state index is -0.0692. The lowest BCUT2D eigenvalue weighted by atomic mass is 10.1. The van der Waals surface area contributed by atoms with E-state index in [9.17, 15) is 0 Å². The summed E-state index contributed by atoms with van der Waals surface area (Å²) in [5.41, 5.74) is 8.45. The Balaban J connectivity index is 2.09. The van der Waals surface area contributed by atoms with Gasteiger partial charge in [-0.15, -0.1) is 0 Å². The molecule has 2 aromatic rings. The van der Waals surface area contributed by atoms with Crippen molar-refractivity contribution in [2.24, 2.45) is 0 Å². The molecule has 0 spiro atoms. The van der Waals surface area contributed by atoms with Crippen molar-refractivity contribution in [2.75, 3.05) is 0 Å². The molecule has 0 saturated carbocycles. The summed E-state index contributed by atoms with van der Waals surface area (Å²) >= 11 is 0. The first-order valence-electron chi connectivity index (χ1n) is 9.64. The molecule has 0 aromatic heterocycles. The highest BCUT2D eigenvalue weighted by molar-refractivity contribution is 7.59. The number of benzene rings is 2. The highest BCUT2D eigenvalue weighted by Crippen LogP contribution is 2.67. The van der Waals surface area contributed by atoms with E-state index in [1.165, 1.54) is 36.8 Å². The molecule has 2 aromatic carbocycles. The first kappa shape index (κ1) is 17.7. The summed E-state index contributed by atoms with van der Waals surface area (Å²) in [6.45, 7) is 9.71. The SMILES string of the molecule is CCCC(C)P(C(C)CCC)C1c2ccccc2-c2ccccc21. The normalized spacial score (nSPS) is 17.2. The van der Waals surface area contributed by atoms with E-state index < -0.39 is 0 Å². The maximum Gasteiger partial charge on any atom is 0.0308 e. The molecule has 0 heterocycles. The molecular weight excluding hydrogens is 307 g/mol. The molecule has 2 unspecified atom stereocenters. The van der Waals surface area contributed by atoms with Crippen LogP contribution in [0.15, 0.2) is 48.5 Å². The van der Waals surface area contributed by atoms with E-state index in [-0.39, 0.29) is 7.92 Å². The predicted octanol–water partition coefficient (Wildman–Crippen LogP) is 7.62. The fourth-order valence-electron chi connectivity index (χ4n) is 4.53. The van der Waals surface area contributed by atoms with Crippen LogP contribution in [0.2, 0.25) is 0 Å². The second kappa shape index (κ2) is 7.83. The van der Waals surface area contributed by atoms with Gasteiger partial charge in [-0.25, -0.2) is 0 Å². The summed E-state index contributed by atoms with van der Waals surface area (Å²) in [6, 6.07) is 18.3. The van der Waals surface area contributed by atoms with Crippen molar-refractivity contribution in [3.05, 3.63) is 59.7 Å². The van der Waals surface area contributed by atoms with Gasteiger partial charge in [0.15, 0.2) is 0 Å². The standard InChI is InChI=1S/C23H31P/c1-5-11-17(3)24(18(4)12-6-2)23-21-15-9-7-13-19(21)20-14-8-10-16-22(20)23/h7-10,13-18,23H,5-6,11-12H2,1-4H3. The van der Waals surface area contributed by atoms with Crippen molar-refractivity contribution >= 4 is 7.92 Å². The lowest BCUT2D eigenvalue weighted by Crippen LogP contribution is -2.15. The van der Waals surface area contributed by atoms with Crippen molar-refractivity contribution in [1.82, 2.24) is 0 Å². The third-order valence-corrected chi connectivity index (χ3v) is 9.23. The van der Waals surface area contributed by atoms with Gasteiger partial charge in [-0.1, -0.05) is 97.0 Å². The molecule has 128 valence electrons. The summed E-state index contributed by atoms with van der Waals surface area (Å²) < 4.78 is 0. The fourth-order valence-corrected chi connectivity index (χ4v) is 8.62. The highest BCUT2D eigenvalue weighted by Gasteiger charge is 2.38. The average molecular weight is 338 g/mol. The third kappa shape index (κ3) is 3.18. The van der Waals surface area contributed by atoms with E-state index in [2.05, 4.69) is 76.2 Å². The van der Waals surface area contributed by atoms with Crippen LogP contribution in [0.1, 0.15) is 70.2 Å². The fraction of sp³-hybridized carbons (Fsp3) is 0.478. The van der Waals surface area contributed by atoms with Crippen LogP contribution in [0, 0.1) is 0 Å². The molecule has 3 rings (SSSR count). The van der Waals surface area contributed by atoms with Crippen LogP contribution < -0.4 is 0 Å². The Morgan fingerprint density at radius 3 is 1.58 bits per heavy atom. The van der Waals surface area contributed by atoms with Gasteiger partial charge in [0.1, 0.15) is 0 Å². The molecular formula is C23H31P. The summed E-state index contributed by atoms with van der Waals surface area (Å²) in [7, 11) is -0.0692. The minimum Gasteiger partial charge on any atom is -0.0885 e. The number of fused-ring (bicyclic) bond motifs is 3. The quantitative estimate of drug-likeness (QED) is 0.456. The van der Waals surface area contributed by atoms with Crippen LogP contribution in [-0.4, -0.2) is 11.3 Å². The van der Waals surface area contributed by atoms with Gasteiger partial charge >= 0.3 is 0 Å². The van der Waals surface area contributed by atoms with Gasteiger partial charge in [0.05, 0.1) is 0 Å². The first-order valence-corrected chi connectivity index (χ1v) is 11.2. The average Bonchev–Trinajstić information content (AvgIpc) is 2.91. The molecule has 0 amide bonds. The van der Waals surface area contributed by atoms with Crippen molar-refractivity contribution in [3.8, 4) is 11.1 Å². The number of hydrogen-bond donors (Lipinski definition) is 0. The van der Waals surface area contributed by atoms with Gasteiger partial charge in [0.2, 0.25) is 0 Å². The molecule has 0 fully saturated rings. The largest absolute Gasteiger partial charge is 0.0885 e. The van der Waals surface area contributed by atoms with Gasteiger partial charge in [0, 0.05) is 5.66 Å². The Labute approximate surface area is 149 Å². The lowest BCUT2D eigenvalue weighted by Gasteiger charge is -2.36. The maximum atomic E-state index is 2.52. The summed E-state index contributed by atoms with van der Waals surface area (Å²) in [5.74, 6) is 0. The van der Waals surface area contributed by atoms with Gasteiger partial charge < -0.3 is 0 Å². The number of hydrogen-bond acceptors (Lipinski definition) is 0. The maximum absolute atomic E-state index is 2.52. The zero-order valence-corrected chi connectivity index (χ0v) is 16.5. The topological polar surface area (TPSA) is 0 Å². The van der Waals surface area contributed by atoms with E-state index >= 15 is 0 Å². The van der Waals surface area contributed by atoms with Crippen molar-refractivity contribution in [3.63, 3.8) is 0 Å². The molecule has 2 atom stereocenters. The molecule has 0 aliphatic heterocycles. The van der Waals surface area contributed by atoms with Gasteiger partial charge in [-0.3, -0.25) is 0 Å². The first-order chi connectivity index (χ1) is 11.7. The molecule has 0 bridgehead atoms. The van der Waals surface area contributed by atoms with E-state index in [1.54, 1.807) is 11.1 Å². The van der Waals surface area contributed by atoms with Gasteiger partial charge in [-0.2, -0.15) is 0 Å². The minimum absolute atomic E-state index is 0.0692. The molecule has 1 heteroatoms. The molecule has 0 radical (unpaired) electrons. The molecule has 1 aliphatic rings. The molecule has 0 saturated heterocycles. The van der Waals surface area contributed by atoms with Crippen LogP contribution in [0.5, 0.6) is 0 Å². The van der Waals surface area contributed by atoms with Crippen LogP contribution in [0.3, 0.4) is 0 Å². The zero-order chi connectivity index (χ0) is 17.1. The molecule has 24 heavy (non-hydrogen) atoms. The third-order valence-electron chi connectivity index (χ3n) is 5.53. The Morgan fingerprint density at radius 2 is 1.17 bits per heavy atom. The van der Waals surface area contributed by atoms with Gasteiger partial charge in [-0.05, 0) is 46.4 Å². The lowest BCUT2D eigenvalue weighted by molar-refractivity contribution is 0.729. The molecule has 1 aliphatic carbocycles. The molecule has 0 N–H and O–H groups in total. The van der Waals surface area contributed by atoms with Crippen LogP contribution >= 0.6 is 7.92 Å². The summed E-state index contributed by atoms with van der Waals surface area (Å²) in [4.78, 5) is 0. The van der Waals surface area contributed by atoms with Crippen molar-refractivity contribution in [2.45, 2.75) is 70.4 Å². The second-order valence-electron chi connectivity index (χ2n) is 7.30. The number of rotatable bonds is 7. The van der Waals surface area contributed by atoms with Crippen LogP contribution in [-0.2, 0) is 0 Å². The van der Waals surface area contributed by atoms with E-state index in [4.69, 9.17) is 0 Å². The molecule has 0 nitrogen and oxygen atoms in total. The Bertz CT molecular complexity index is 618.